The van der Waals surface area contributed by atoms with Crippen LogP contribution in [0.2, 0.25) is 0 Å². The molecule has 0 radical (unpaired) electrons. The van der Waals surface area contributed by atoms with Crippen molar-refractivity contribution in [1.29, 1.82) is 0 Å². The molecule has 4 saturated carbocycles. The Bertz CT molecular complexity index is 677. The maximum Gasteiger partial charge on any atom is 0.203 e. The van der Waals surface area contributed by atoms with Crippen molar-refractivity contribution in [2.45, 2.75) is 69.7 Å². The summed E-state index contributed by atoms with van der Waals surface area (Å²) in [5.74, 6) is -3.40. The van der Waals surface area contributed by atoms with Crippen molar-refractivity contribution in [3.63, 3.8) is 0 Å². The minimum atomic E-state index is -2.10. The molecule has 2 spiro atoms. The molecule has 4 bridgehead atoms. The SMILES string of the molecule is C=C1[C@@H](O)[C@]23[C@@H](O)[C@H]1C[C@H](O)[C@H]2[C@]12CCCC(C)(C)[C@H]1[C@H](O)[C@@]3(O)OC2. The van der Waals surface area contributed by atoms with Gasteiger partial charge in [-0.15, -0.1) is 0 Å². The third-order valence-electron chi connectivity index (χ3n) is 8.99. The number of hydrogen-bond donors (Lipinski definition) is 5. The zero-order valence-electron chi connectivity index (χ0n) is 15.4. The number of fused-ring (bicyclic) bond motifs is 2. The molecule has 6 rings (SSSR count). The Morgan fingerprint density at radius 3 is 2.42 bits per heavy atom. The molecular weight excluding hydrogens is 336 g/mol. The molecule has 2 aliphatic heterocycles. The lowest BCUT2D eigenvalue weighted by atomic mass is 9.35. The van der Waals surface area contributed by atoms with Crippen LogP contribution >= 0.6 is 0 Å². The third-order valence-corrected chi connectivity index (χ3v) is 8.99. The van der Waals surface area contributed by atoms with Crippen LogP contribution in [0.1, 0.15) is 39.5 Å². The molecule has 0 aromatic rings. The Balaban J connectivity index is 1.80. The second-order valence-corrected chi connectivity index (χ2v) is 10.2. The van der Waals surface area contributed by atoms with Crippen LogP contribution in [0.4, 0.5) is 0 Å². The molecule has 0 aromatic heterocycles. The first-order valence-electron chi connectivity index (χ1n) is 9.83. The van der Waals surface area contributed by atoms with Crippen LogP contribution in [-0.4, -0.2) is 62.3 Å². The summed E-state index contributed by atoms with van der Waals surface area (Å²) in [4.78, 5) is 0. The van der Waals surface area contributed by atoms with Crippen molar-refractivity contribution in [2.24, 2.45) is 34.0 Å². The normalized spacial score (nSPS) is 62.7. The van der Waals surface area contributed by atoms with Crippen molar-refractivity contribution in [3.8, 4) is 0 Å². The Kier molecular flexibility index (Phi) is 3.20. The predicted molar refractivity (Wildman–Crippen MR) is 91.7 cm³/mol. The zero-order valence-corrected chi connectivity index (χ0v) is 15.4. The van der Waals surface area contributed by atoms with E-state index in [1.165, 1.54) is 0 Å². The second-order valence-electron chi connectivity index (χ2n) is 10.2. The van der Waals surface area contributed by atoms with Crippen LogP contribution in [0.15, 0.2) is 12.2 Å². The predicted octanol–water partition coefficient (Wildman–Crippen LogP) is 0.167. The monoisotopic (exact) mass is 366 g/mol. The first kappa shape index (κ1) is 17.6. The van der Waals surface area contributed by atoms with Gasteiger partial charge < -0.3 is 30.3 Å². The van der Waals surface area contributed by atoms with Crippen molar-refractivity contribution in [3.05, 3.63) is 12.2 Å². The smallest absolute Gasteiger partial charge is 0.203 e. The van der Waals surface area contributed by atoms with Crippen LogP contribution in [0, 0.1) is 34.0 Å². The Hall–Kier alpha value is -0.500. The Labute approximate surface area is 153 Å². The molecule has 0 amide bonds. The molecule has 6 aliphatic rings. The van der Waals surface area contributed by atoms with E-state index in [1.807, 2.05) is 0 Å². The van der Waals surface area contributed by atoms with E-state index >= 15 is 0 Å². The number of hydrogen-bond acceptors (Lipinski definition) is 6. The third kappa shape index (κ3) is 1.49. The average Bonchev–Trinajstić information content (AvgIpc) is 2.67. The van der Waals surface area contributed by atoms with E-state index in [0.717, 1.165) is 19.3 Å². The maximum atomic E-state index is 11.7. The van der Waals surface area contributed by atoms with Crippen molar-refractivity contribution >= 4 is 0 Å². The first-order valence-corrected chi connectivity index (χ1v) is 9.83. The number of aliphatic hydroxyl groups excluding tert-OH is 4. The Morgan fingerprint density at radius 2 is 1.73 bits per heavy atom. The molecule has 6 fully saturated rings. The van der Waals surface area contributed by atoms with Crippen molar-refractivity contribution in [2.75, 3.05) is 6.61 Å². The summed E-state index contributed by atoms with van der Waals surface area (Å²) >= 11 is 0. The van der Waals surface area contributed by atoms with Gasteiger partial charge in [0.05, 0.1) is 30.3 Å². The largest absolute Gasteiger partial charge is 0.393 e. The van der Waals surface area contributed by atoms with E-state index in [0.29, 0.717) is 12.0 Å². The van der Waals surface area contributed by atoms with Crippen LogP contribution < -0.4 is 0 Å². The summed E-state index contributed by atoms with van der Waals surface area (Å²) in [7, 11) is 0. The summed E-state index contributed by atoms with van der Waals surface area (Å²) < 4.78 is 5.89. The number of ether oxygens (including phenoxy) is 1. The van der Waals surface area contributed by atoms with Gasteiger partial charge in [0.2, 0.25) is 5.79 Å². The van der Waals surface area contributed by atoms with Gasteiger partial charge in [-0.25, -0.2) is 0 Å². The van der Waals surface area contributed by atoms with E-state index in [-0.39, 0.29) is 17.9 Å². The summed E-state index contributed by atoms with van der Waals surface area (Å²) in [5.41, 5.74) is -1.92. The zero-order chi connectivity index (χ0) is 18.9. The topological polar surface area (TPSA) is 110 Å². The van der Waals surface area contributed by atoms with E-state index in [9.17, 15) is 25.5 Å². The van der Waals surface area contributed by atoms with Crippen LogP contribution in [0.25, 0.3) is 0 Å². The van der Waals surface area contributed by atoms with Gasteiger partial charge in [-0.3, -0.25) is 0 Å². The number of rotatable bonds is 0. The van der Waals surface area contributed by atoms with Crippen molar-refractivity contribution in [1.82, 2.24) is 0 Å². The van der Waals surface area contributed by atoms with Gasteiger partial charge in [-0.2, -0.15) is 0 Å². The summed E-state index contributed by atoms with van der Waals surface area (Å²) in [6.45, 7) is 8.37. The molecule has 10 atom stereocenters. The van der Waals surface area contributed by atoms with E-state index in [1.54, 1.807) is 0 Å². The second kappa shape index (κ2) is 4.73. The van der Waals surface area contributed by atoms with E-state index in [4.69, 9.17) is 4.74 Å². The fourth-order valence-corrected chi connectivity index (χ4v) is 8.29. The summed E-state index contributed by atoms with van der Waals surface area (Å²) in [6, 6.07) is 0. The minimum absolute atomic E-state index is 0.231. The van der Waals surface area contributed by atoms with Gasteiger partial charge in [0, 0.05) is 23.2 Å². The van der Waals surface area contributed by atoms with E-state index in [2.05, 4.69) is 20.4 Å². The van der Waals surface area contributed by atoms with Gasteiger partial charge in [0.15, 0.2) is 0 Å². The highest BCUT2D eigenvalue weighted by atomic mass is 16.6. The molecule has 0 unspecified atom stereocenters. The highest BCUT2D eigenvalue weighted by molar-refractivity contribution is 5.38. The molecule has 26 heavy (non-hydrogen) atoms. The quantitative estimate of drug-likeness (QED) is 0.391. The molecule has 146 valence electrons. The molecule has 2 heterocycles. The first-order chi connectivity index (χ1) is 12.1. The van der Waals surface area contributed by atoms with Crippen LogP contribution in [0.3, 0.4) is 0 Å². The number of aliphatic hydroxyl groups is 5. The fourth-order valence-electron chi connectivity index (χ4n) is 8.29. The van der Waals surface area contributed by atoms with Crippen LogP contribution in [0.5, 0.6) is 0 Å². The van der Waals surface area contributed by atoms with Gasteiger partial charge in [0.1, 0.15) is 6.10 Å². The minimum Gasteiger partial charge on any atom is -0.393 e. The molecule has 6 nitrogen and oxygen atoms in total. The highest BCUT2D eigenvalue weighted by Crippen LogP contribution is 2.77. The molecule has 5 N–H and O–H groups in total. The fraction of sp³-hybridized carbons (Fsp3) is 0.900. The van der Waals surface area contributed by atoms with Crippen molar-refractivity contribution < 1.29 is 30.3 Å². The van der Waals surface area contributed by atoms with Gasteiger partial charge in [-0.05, 0) is 30.3 Å². The lowest BCUT2D eigenvalue weighted by Crippen LogP contribution is -2.85. The highest BCUT2D eigenvalue weighted by Gasteiger charge is 2.86. The lowest BCUT2D eigenvalue weighted by molar-refractivity contribution is -0.475. The molecule has 0 aromatic carbocycles. The molecular formula is C20H30O6. The van der Waals surface area contributed by atoms with Gasteiger partial charge in [0.25, 0.3) is 0 Å². The lowest BCUT2D eigenvalue weighted by Gasteiger charge is -2.75. The molecule has 6 heteroatoms. The van der Waals surface area contributed by atoms with Gasteiger partial charge >= 0.3 is 0 Å². The summed E-state index contributed by atoms with van der Waals surface area (Å²) in [6.07, 6.45) is -1.41. The standard InChI is InChI=1S/C20H30O6/c1-9-10-7-11(21)12-18-6-4-5-17(2,3)13(18)16(24)20(25,26-8-18)19(12,14(9)22)15(10)23/h10-16,21-25H,1,4-8H2,2-3H3/t10-,11-,12-,13+,14+,15-,16-,18+,19-,20+/m0/s1. The van der Waals surface area contributed by atoms with Gasteiger partial charge in [-0.1, -0.05) is 26.8 Å². The summed E-state index contributed by atoms with van der Waals surface area (Å²) in [5, 5.41) is 56.5. The maximum absolute atomic E-state index is 11.7. The molecule has 4 aliphatic carbocycles. The van der Waals surface area contributed by atoms with E-state index < -0.39 is 52.9 Å². The Morgan fingerprint density at radius 1 is 1.04 bits per heavy atom. The average molecular weight is 366 g/mol. The van der Waals surface area contributed by atoms with Crippen LogP contribution in [-0.2, 0) is 4.74 Å². The molecule has 2 saturated heterocycles.